The first-order chi connectivity index (χ1) is 24.4. The predicted octanol–water partition coefficient (Wildman–Crippen LogP) is 9.26. The fourth-order valence-electron chi connectivity index (χ4n) is 4.74. The first kappa shape index (κ1) is 35.7. The number of aromatic nitrogens is 3. The maximum absolute atomic E-state index is 12.9. The van der Waals surface area contributed by atoms with Crippen LogP contribution in [-0.4, -0.2) is 33.8 Å². The second-order valence-electron chi connectivity index (χ2n) is 11.3. The number of hydrogen-bond donors (Lipinski definition) is 2. The number of ether oxygens (including phenoxy) is 1. The Morgan fingerprint density at radius 1 is 0.686 bits per heavy atom. The molecule has 9 nitrogen and oxygen atoms in total. The number of anilines is 4. The largest absolute Gasteiger partial charge is 0.456 e. The monoisotopic (exact) mass is 690 g/mol. The Balaban J connectivity index is 0.000000201. The molecule has 0 radical (unpaired) electrons. The van der Waals surface area contributed by atoms with Crippen LogP contribution in [0, 0.1) is 13.8 Å². The van der Waals surface area contributed by atoms with Crippen LogP contribution in [0.3, 0.4) is 0 Å². The number of carbonyl (C=O) groups excluding carboxylic acids is 2. The molecule has 6 aromatic rings. The van der Waals surface area contributed by atoms with Crippen LogP contribution in [-0.2, 0) is 6.18 Å². The summed E-state index contributed by atoms with van der Waals surface area (Å²) in [7, 11) is 1.64. The second kappa shape index (κ2) is 16.2. The average Bonchev–Trinajstić information content (AvgIpc) is 3.12. The SMILES string of the molecule is Cc1cccc(C(=O)Nc2cccc(N(C)c3cncc(C(F)(F)F)c3)c2)c1.Cc1cccc(C(=O)Nc2cccc(Oc3cccnc3)c2)n1. The van der Waals surface area contributed by atoms with Gasteiger partial charge in [0.25, 0.3) is 11.8 Å². The van der Waals surface area contributed by atoms with Crippen molar-refractivity contribution in [3.05, 3.63) is 162 Å². The molecule has 2 N–H and O–H groups in total. The lowest BCUT2D eigenvalue weighted by Gasteiger charge is -2.21. The lowest BCUT2D eigenvalue weighted by molar-refractivity contribution is -0.137. The molecule has 0 atom stereocenters. The van der Waals surface area contributed by atoms with Crippen molar-refractivity contribution in [1.29, 1.82) is 0 Å². The van der Waals surface area contributed by atoms with Gasteiger partial charge in [0.2, 0.25) is 0 Å². The lowest BCUT2D eigenvalue weighted by atomic mass is 10.1. The zero-order valence-corrected chi connectivity index (χ0v) is 27.8. The summed E-state index contributed by atoms with van der Waals surface area (Å²) >= 11 is 0. The summed E-state index contributed by atoms with van der Waals surface area (Å²) in [6.45, 7) is 3.74. The summed E-state index contributed by atoms with van der Waals surface area (Å²) in [6, 6.07) is 31.2. The van der Waals surface area contributed by atoms with Crippen LogP contribution in [0.4, 0.5) is 35.9 Å². The van der Waals surface area contributed by atoms with Gasteiger partial charge in [-0.05, 0) is 86.6 Å². The zero-order chi connectivity index (χ0) is 36.4. The molecule has 0 unspecified atom stereocenters. The summed E-state index contributed by atoms with van der Waals surface area (Å²) in [5.41, 5.74) is 3.94. The molecule has 0 aliphatic rings. The van der Waals surface area contributed by atoms with Gasteiger partial charge in [0.15, 0.2) is 0 Å². The van der Waals surface area contributed by atoms with E-state index in [4.69, 9.17) is 4.74 Å². The van der Waals surface area contributed by atoms with Crippen molar-refractivity contribution in [3.63, 3.8) is 0 Å². The summed E-state index contributed by atoms with van der Waals surface area (Å²) in [5, 5.41) is 5.62. The second-order valence-corrected chi connectivity index (χ2v) is 11.3. The van der Waals surface area contributed by atoms with Crippen LogP contribution in [0.15, 0.2) is 134 Å². The number of amides is 2. The minimum atomic E-state index is -4.46. The van der Waals surface area contributed by atoms with Crippen molar-refractivity contribution < 1.29 is 27.5 Å². The molecule has 3 heterocycles. The maximum Gasteiger partial charge on any atom is 0.417 e. The number of benzene rings is 3. The van der Waals surface area contributed by atoms with E-state index in [0.29, 0.717) is 39.8 Å². The first-order valence-electron chi connectivity index (χ1n) is 15.6. The molecule has 0 aliphatic carbocycles. The van der Waals surface area contributed by atoms with E-state index < -0.39 is 11.7 Å². The maximum atomic E-state index is 12.9. The molecule has 2 amide bonds. The van der Waals surface area contributed by atoms with Crippen LogP contribution in [0.1, 0.15) is 37.7 Å². The standard InChI is InChI=1S/C21H18F3N3O.C18H15N3O2/c1-14-5-3-6-15(9-14)20(28)26-17-7-4-8-18(11-17)27(2)19-10-16(12-25-13-19)21(22,23)24;1-13-5-2-9-17(20-13)18(22)21-14-6-3-7-15(11-14)23-16-8-4-10-19-12-16/h3-13H,1-2H3,(H,26,28);2-12H,1H3,(H,21,22). The molecule has 0 bridgehead atoms. The third kappa shape index (κ3) is 10.2. The van der Waals surface area contributed by atoms with E-state index in [0.717, 1.165) is 23.5 Å². The van der Waals surface area contributed by atoms with Crippen molar-refractivity contribution in [3.8, 4) is 11.5 Å². The molecule has 3 aromatic carbocycles. The zero-order valence-electron chi connectivity index (χ0n) is 27.8. The molecule has 258 valence electrons. The fourth-order valence-corrected chi connectivity index (χ4v) is 4.74. The molecule has 51 heavy (non-hydrogen) atoms. The van der Waals surface area contributed by atoms with E-state index in [1.165, 1.54) is 6.20 Å². The predicted molar refractivity (Wildman–Crippen MR) is 191 cm³/mol. The van der Waals surface area contributed by atoms with Crippen LogP contribution in [0.2, 0.25) is 0 Å². The molecule has 6 rings (SSSR count). The fraction of sp³-hybridized carbons (Fsp3) is 0.103. The van der Waals surface area contributed by atoms with Crippen LogP contribution in [0.25, 0.3) is 0 Å². The van der Waals surface area contributed by atoms with Gasteiger partial charge in [-0.15, -0.1) is 0 Å². The third-order valence-electron chi connectivity index (χ3n) is 7.29. The van der Waals surface area contributed by atoms with Crippen LogP contribution in [0.5, 0.6) is 11.5 Å². The number of carbonyl (C=O) groups is 2. The molecule has 0 fully saturated rings. The van der Waals surface area contributed by atoms with Crippen LogP contribution < -0.4 is 20.3 Å². The lowest BCUT2D eigenvalue weighted by Crippen LogP contribution is -2.14. The van der Waals surface area contributed by atoms with Crippen molar-refractivity contribution in [2.24, 2.45) is 0 Å². The van der Waals surface area contributed by atoms with E-state index >= 15 is 0 Å². The summed E-state index contributed by atoms with van der Waals surface area (Å²) in [4.78, 5) is 38.1. The van der Waals surface area contributed by atoms with E-state index in [-0.39, 0.29) is 17.5 Å². The molecule has 0 saturated carbocycles. The van der Waals surface area contributed by atoms with Crippen LogP contribution >= 0.6 is 0 Å². The Morgan fingerprint density at radius 2 is 1.39 bits per heavy atom. The highest BCUT2D eigenvalue weighted by molar-refractivity contribution is 6.04. The number of pyridine rings is 3. The number of alkyl halides is 3. The summed E-state index contributed by atoms with van der Waals surface area (Å²) < 4.78 is 44.5. The van der Waals surface area contributed by atoms with Crippen molar-refractivity contribution in [2.45, 2.75) is 20.0 Å². The minimum Gasteiger partial charge on any atom is -0.456 e. The number of halogens is 3. The van der Waals surface area contributed by atoms with Crippen molar-refractivity contribution in [2.75, 3.05) is 22.6 Å². The van der Waals surface area contributed by atoms with E-state index in [1.807, 2.05) is 44.2 Å². The third-order valence-corrected chi connectivity index (χ3v) is 7.29. The van der Waals surface area contributed by atoms with Gasteiger partial charge < -0.3 is 20.3 Å². The van der Waals surface area contributed by atoms with Gasteiger partial charge in [-0.2, -0.15) is 13.2 Å². The first-order valence-corrected chi connectivity index (χ1v) is 15.6. The molecule has 0 aliphatic heterocycles. The van der Waals surface area contributed by atoms with E-state index in [2.05, 4.69) is 25.6 Å². The number of aryl methyl sites for hydroxylation is 2. The number of nitrogens with one attached hydrogen (secondary N) is 2. The summed E-state index contributed by atoms with van der Waals surface area (Å²) in [5.74, 6) is 0.737. The Hall–Kier alpha value is -6.56. The smallest absolute Gasteiger partial charge is 0.417 e. The molecule has 0 saturated heterocycles. The number of hydrogen-bond acceptors (Lipinski definition) is 7. The molecular formula is C39H33F3N6O3. The Bertz CT molecular complexity index is 2130. The quantitative estimate of drug-likeness (QED) is 0.164. The Morgan fingerprint density at radius 3 is 2.12 bits per heavy atom. The van der Waals surface area contributed by atoms with Gasteiger partial charge in [0.1, 0.15) is 17.2 Å². The highest BCUT2D eigenvalue weighted by atomic mass is 19.4. The molecule has 12 heteroatoms. The van der Waals surface area contributed by atoms with Gasteiger partial charge in [-0.1, -0.05) is 35.9 Å². The number of rotatable bonds is 8. The highest BCUT2D eigenvalue weighted by Gasteiger charge is 2.31. The van der Waals surface area contributed by atoms with E-state index in [9.17, 15) is 22.8 Å². The molecule has 3 aromatic heterocycles. The normalized spacial score (nSPS) is 10.7. The van der Waals surface area contributed by atoms with Gasteiger partial charge in [0, 0.05) is 53.8 Å². The van der Waals surface area contributed by atoms with E-state index in [1.54, 1.807) is 97.1 Å². The van der Waals surface area contributed by atoms with Gasteiger partial charge in [-0.25, -0.2) is 4.98 Å². The number of nitrogens with zero attached hydrogens (tertiary/aromatic N) is 4. The van der Waals surface area contributed by atoms with Gasteiger partial charge in [-0.3, -0.25) is 19.6 Å². The van der Waals surface area contributed by atoms with Gasteiger partial charge >= 0.3 is 6.18 Å². The topological polar surface area (TPSA) is 109 Å². The molecular weight excluding hydrogens is 657 g/mol. The highest BCUT2D eigenvalue weighted by Crippen LogP contribution is 2.33. The Kier molecular flexibility index (Phi) is 11.4. The molecule has 0 spiro atoms. The van der Waals surface area contributed by atoms with Crippen molar-refractivity contribution >= 4 is 34.6 Å². The summed E-state index contributed by atoms with van der Waals surface area (Å²) in [6.07, 6.45) is 0.983. The Labute approximate surface area is 292 Å². The van der Waals surface area contributed by atoms with Crippen molar-refractivity contribution in [1.82, 2.24) is 15.0 Å². The minimum absolute atomic E-state index is 0.257. The van der Waals surface area contributed by atoms with Gasteiger partial charge in [0.05, 0.1) is 23.6 Å². The average molecular weight is 691 g/mol.